The second-order valence-corrected chi connectivity index (χ2v) is 12.7. The van der Waals surface area contributed by atoms with Crippen LogP contribution in [0.15, 0.2) is 30.3 Å². The maximum atomic E-state index is 13.5. The Bertz CT molecular complexity index is 1150. The molecule has 0 aliphatic carbocycles. The third kappa shape index (κ3) is 15.0. The first-order chi connectivity index (χ1) is 20.8. The molecule has 0 radical (unpaired) electrons. The lowest BCUT2D eigenvalue weighted by Gasteiger charge is -2.29. The Balaban J connectivity index is 3.12. The van der Waals surface area contributed by atoms with E-state index >= 15 is 0 Å². The summed E-state index contributed by atoms with van der Waals surface area (Å²) in [5.74, 6) is -2.87. The number of carbonyl (C=O) groups is 6. The number of hydrogen-bond acceptors (Lipinski definition) is 10. The van der Waals surface area contributed by atoms with Crippen molar-refractivity contribution in [3.63, 3.8) is 0 Å². The fraction of sp³-hybridized carbons (Fsp3) is 0.552. The van der Waals surface area contributed by atoms with Crippen molar-refractivity contribution in [3.05, 3.63) is 35.9 Å². The molecule has 5 N–H and O–H groups in total. The summed E-state index contributed by atoms with van der Waals surface area (Å²) in [6.07, 6.45) is 1.83. The van der Waals surface area contributed by atoms with Gasteiger partial charge in [0.2, 0.25) is 22.8 Å². The van der Waals surface area contributed by atoms with Crippen LogP contribution in [0, 0.1) is 5.92 Å². The molecule has 0 aromatic heterocycles. The molecule has 1 aromatic rings. The molecule has 1 rings (SSSR count). The summed E-state index contributed by atoms with van der Waals surface area (Å²) in [7, 11) is 1.26. The second-order valence-electron chi connectivity index (χ2n) is 10.2. The number of thioether (sulfide) groups is 2. The zero-order chi connectivity index (χ0) is 33.2. The van der Waals surface area contributed by atoms with Crippen molar-refractivity contribution in [3.8, 4) is 0 Å². The van der Waals surface area contributed by atoms with Crippen LogP contribution >= 0.6 is 35.7 Å². The molecule has 244 valence electrons. The number of amides is 3. The van der Waals surface area contributed by atoms with Crippen LogP contribution in [0.1, 0.15) is 45.6 Å². The molecular formula is C29H42N4O8S3. The molecule has 0 spiro atoms. The number of carboxylic acids is 1. The van der Waals surface area contributed by atoms with Gasteiger partial charge >= 0.3 is 11.9 Å². The van der Waals surface area contributed by atoms with Gasteiger partial charge in [0.15, 0.2) is 0 Å². The number of methoxy groups -OCH3 is 1. The first-order valence-electron chi connectivity index (χ1n) is 13.9. The maximum Gasteiger partial charge on any atom is 0.306 e. The van der Waals surface area contributed by atoms with Crippen molar-refractivity contribution < 1.29 is 38.6 Å². The fourth-order valence-electron chi connectivity index (χ4n) is 3.94. The first-order valence-corrected chi connectivity index (χ1v) is 16.7. The molecular weight excluding hydrogens is 629 g/mol. The molecule has 0 unspecified atom stereocenters. The lowest BCUT2D eigenvalue weighted by Crippen LogP contribution is -2.58. The number of nitrogens with one attached hydrogen (secondary N) is 4. The van der Waals surface area contributed by atoms with E-state index in [1.54, 1.807) is 13.8 Å². The van der Waals surface area contributed by atoms with Crippen molar-refractivity contribution in [2.75, 3.05) is 24.9 Å². The Kier molecular flexibility index (Phi) is 18.3. The van der Waals surface area contributed by atoms with Crippen LogP contribution in [0.3, 0.4) is 0 Å². The van der Waals surface area contributed by atoms with E-state index in [4.69, 9.17) is 12.2 Å². The van der Waals surface area contributed by atoms with Crippen molar-refractivity contribution in [1.82, 2.24) is 21.3 Å². The largest absolute Gasteiger partial charge is 0.481 e. The molecule has 0 heterocycles. The summed E-state index contributed by atoms with van der Waals surface area (Å²) >= 11 is 7.87. The third-order valence-electron chi connectivity index (χ3n) is 6.23. The van der Waals surface area contributed by atoms with Crippen molar-refractivity contribution in [1.29, 1.82) is 0 Å². The standard InChI is InChI=1S/C29H42N4O8S3/c1-17(2)25(33-28(42)21(16-23(35)36)31-26(38)20(11-13-43-5)30-18(3)34)27(39)32-22(15-19-9-7-6-8-10-19)29(40)44-14-12-24(37)41-4/h6-10,17,20-22,25H,11-16H2,1-5H3,(H,30,34)(H,31,38)(H,32,39)(H,33,42)(H,35,36)/t20-,21-,22-,25-/m0/s1. The zero-order valence-electron chi connectivity index (χ0n) is 25.5. The quantitative estimate of drug-likeness (QED) is 0.106. The Morgan fingerprint density at radius 2 is 1.55 bits per heavy atom. The fourth-order valence-corrected chi connectivity index (χ4v) is 5.49. The van der Waals surface area contributed by atoms with E-state index in [0.717, 1.165) is 17.3 Å². The monoisotopic (exact) mass is 670 g/mol. The molecule has 0 bridgehead atoms. The van der Waals surface area contributed by atoms with Crippen LogP contribution in [0.4, 0.5) is 0 Å². The van der Waals surface area contributed by atoms with E-state index < -0.39 is 60.2 Å². The third-order valence-corrected chi connectivity index (χ3v) is 8.25. The van der Waals surface area contributed by atoms with E-state index in [1.165, 1.54) is 25.8 Å². The Hall–Kier alpha value is -3.17. The molecule has 12 nitrogen and oxygen atoms in total. The van der Waals surface area contributed by atoms with Crippen molar-refractivity contribution in [2.24, 2.45) is 5.92 Å². The summed E-state index contributed by atoms with van der Waals surface area (Å²) in [6.45, 7) is 4.78. The van der Waals surface area contributed by atoms with Gasteiger partial charge in [-0.15, -0.1) is 0 Å². The maximum absolute atomic E-state index is 13.5. The minimum atomic E-state index is -1.23. The van der Waals surface area contributed by atoms with Gasteiger partial charge in [-0.1, -0.05) is 68.2 Å². The topological polar surface area (TPSA) is 180 Å². The van der Waals surface area contributed by atoms with Crippen molar-refractivity contribution in [2.45, 2.75) is 70.6 Å². The van der Waals surface area contributed by atoms with E-state index in [1.807, 2.05) is 36.6 Å². The average molecular weight is 671 g/mol. The molecule has 0 saturated heterocycles. The van der Waals surface area contributed by atoms with Crippen LogP contribution in [-0.2, 0) is 39.9 Å². The highest BCUT2D eigenvalue weighted by Crippen LogP contribution is 2.14. The Labute approximate surface area is 272 Å². The SMILES string of the molecule is COC(=O)CCSC(=O)[C@H](Cc1ccccc1)NC(=O)[C@@H](NC(=S)[C@H](CC(=O)O)NC(=O)[C@H](CCSC)NC(C)=O)C(C)C. The van der Waals surface area contributed by atoms with E-state index in [-0.39, 0.29) is 34.6 Å². The second kappa shape index (κ2) is 20.7. The van der Waals surface area contributed by atoms with Crippen LogP contribution in [0.25, 0.3) is 0 Å². The number of aliphatic carboxylic acids is 1. The van der Waals surface area contributed by atoms with Crippen LogP contribution in [-0.4, -0.2) is 93.9 Å². The number of thiocarbonyl (C=S) groups is 1. The number of benzene rings is 1. The molecule has 15 heteroatoms. The van der Waals surface area contributed by atoms with Gasteiger partial charge < -0.3 is 31.1 Å². The van der Waals surface area contributed by atoms with Gasteiger partial charge in [0, 0.05) is 19.1 Å². The van der Waals surface area contributed by atoms with Gasteiger partial charge in [-0.3, -0.25) is 28.8 Å². The molecule has 44 heavy (non-hydrogen) atoms. The predicted molar refractivity (Wildman–Crippen MR) is 175 cm³/mol. The van der Waals surface area contributed by atoms with Gasteiger partial charge in [0.1, 0.15) is 18.1 Å². The van der Waals surface area contributed by atoms with Crippen LogP contribution in [0.2, 0.25) is 0 Å². The smallest absolute Gasteiger partial charge is 0.306 e. The predicted octanol–water partition coefficient (Wildman–Crippen LogP) is 1.70. The van der Waals surface area contributed by atoms with E-state index in [0.29, 0.717) is 12.2 Å². The molecule has 0 aliphatic rings. The molecule has 4 atom stereocenters. The summed E-state index contributed by atoms with van der Waals surface area (Å²) < 4.78 is 4.63. The van der Waals surface area contributed by atoms with Gasteiger partial charge in [0.25, 0.3) is 0 Å². The zero-order valence-corrected chi connectivity index (χ0v) is 28.0. The molecule has 1 aromatic carbocycles. The first kappa shape index (κ1) is 38.9. The van der Waals surface area contributed by atoms with Crippen LogP contribution < -0.4 is 21.3 Å². The number of carbonyl (C=O) groups excluding carboxylic acids is 5. The highest BCUT2D eigenvalue weighted by molar-refractivity contribution is 8.13. The van der Waals surface area contributed by atoms with Crippen LogP contribution in [0.5, 0.6) is 0 Å². The number of ether oxygens (including phenoxy) is 1. The summed E-state index contributed by atoms with van der Waals surface area (Å²) in [4.78, 5) is 74.4. The number of hydrogen-bond donors (Lipinski definition) is 5. The van der Waals surface area contributed by atoms with E-state index in [9.17, 15) is 33.9 Å². The van der Waals surface area contributed by atoms with Gasteiger partial charge in [-0.2, -0.15) is 11.8 Å². The Morgan fingerprint density at radius 3 is 2.09 bits per heavy atom. The van der Waals surface area contributed by atoms with E-state index in [2.05, 4.69) is 26.0 Å². The minimum Gasteiger partial charge on any atom is -0.481 e. The summed E-state index contributed by atoms with van der Waals surface area (Å²) in [6, 6.07) is 5.12. The lowest BCUT2D eigenvalue weighted by molar-refractivity contribution is -0.140. The van der Waals surface area contributed by atoms with Crippen molar-refractivity contribution >= 4 is 75.5 Å². The highest BCUT2D eigenvalue weighted by Gasteiger charge is 2.32. The summed E-state index contributed by atoms with van der Waals surface area (Å²) in [5, 5.41) is 20.0. The molecule has 0 fully saturated rings. The normalized spacial score (nSPS) is 13.5. The number of esters is 1. The molecule has 0 saturated carbocycles. The Morgan fingerprint density at radius 1 is 0.909 bits per heavy atom. The minimum absolute atomic E-state index is 0.0279. The molecule has 0 aliphatic heterocycles. The van der Waals surface area contributed by atoms with Gasteiger partial charge in [-0.25, -0.2) is 0 Å². The van der Waals surface area contributed by atoms with Gasteiger partial charge in [0.05, 0.1) is 31.0 Å². The number of carboxylic acid groups (broad SMARTS) is 1. The lowest BCUT2D eigenvalue weighted by atomic mass is 10.0. The number of rotatable bonds is 19. The summed E-state index contributed by atoms with van der Waals surface area (Å²) in [5.41, 5.74) is 0.809. The molecule has 3 amide bonds. The van der Waals surface area contributed by atoms with Gasteiger partial charge in [-0.05, 0) is 29.9 Å². The average Bonchev–Trinajstić information content (AvgIpc) is 2.96. The highest BCUT2D eigenvalue weighted by atomic mass is 32.2.